The summed E-state index contributed by atoms with van der Waals surface area (Å²) in [5.74, 6) is 3.40. The van der Waals surface area contributed by atoms with Crippen molar-refractivity contribution in [1.82, 2.24) is 19.2 Å². The van der Waals surface area contributed by atoms with Gasteiger partial charge in [0.25, 0.3) is 0 Å². The van der Waals surface area contributed by atoms with Gasteiger partial charge in [-0.15, -0.1) is 0 Å². The maximum Gasteiger partial charge on any atom is 0.148 e. The van der Waals surface area contributed by atoms with E-state index in [0.29, 0.717) is 5.92 Å². The van der Waals surface area contributed by atoms with Gasteiger partial charge in [0.1, 0.15) is 28.4 Å². The summed E-state index contributed by atoms with van der Waals surface area (Å²) in [7, 11) is 0.472. The molecule has 5 rings (SSSR count). The number of para-hydroxylation sites is 1. The lowest BCUT2D eigenvalue weighted by molar-refractivity contribution is 0.144. The lowest BCUT2D eigenvalue weighted by atomic mass is 10.00. The number of anilines is 1. The van der Waals surface area contributed by atoms with Crippen LogP contribution in [-0.2, 0) is 11.0 Å². The molecule has 0 saturated carbocycles. The molecule has 3 atom stereocenters. The van der Waals surface area contributed by atoms with E-state index in [4.69, 9.17) is 14.7 Å². The van der Waals surface area contributed by atoms with Crippen molar-refractivity contribution < 1.29 is 8.95 Å². The van der Waals surface area contributed by atoms with Gasteiger partial charge in [0.15, 0.2) is 0 Å². The Hall–Kier alpha value is -2.55. The summed E-state index contributed by atoms with van der Waals surface area (Å²) >= 11 is 0. The van der Waals surface area contributed by atoms with Crippen molar-refractivity contribution in [3.8, 4) is 5.75 Å². The zero-order chi connectivity index (χ0) is 24.4. The van der Waals surface area contributed by atoms with Crippen LogP contribution in [0.1, 0.15) is 38.6 Å². The predicted octanol–water partition coefficient (Wildman–Crippen LogP) is 4.28. The smallest absolute Gasteiger partial charge is 0.148 e. The van der Waals surface area contributed by atoms with Crippen LogP contribution < -0.4 is 9.64 Å². The Morgan fingerprint density at radius 2 is 1.74 bits per heavy atom. The Labute approximate surface area is 210 Å². The van der Waals surface area contributed by atoms with Crippen LogP contribution in [0.3, 0.4) is 0 Å². The van der Waals surface area contributed by atoms with E-state index in [1.807, 2.05) is 28.6 Å². The molecule has 186 valence electrons. The van der Waals surface area contributed by atoms with Crippen molar-refractivity contribution in [2.24, 2.45) is 5.92 Å². The number of hydrogen-bond donors (Lipinski definition) is 0. The van der Waals surface area contributed by atoms with Gasteiger partial charge in [-0.2, -0.15) is 0 Å². The molecule has 0 amide bonds. The van der Waals surface area contributed by atoms with E-state index in [2.05, 4.69) is 47.9 Å². The molecule has 2 aliphatic rings. The highest BCUT2D eigenvalue weighted by Gasteiger charge is 2.28. The molecule has 7 nitrogen and oxygen atoms in total. The highest BCUT2D eigenvalue weighted by Crippen LogP contribution is 2.31. The number of piperidine rings is 1. The fraction of sp³-hybridized carbons (Fsp3) is 0.481. The van der Waals surface area contributed by atoms with Gasteiger partial charge >= 0.3 is 0 Å². The van der Waals surface area contributed by atoms with Gasteiger partial charge in [-0.05, 0) is 62.1 Å². The Bertz CT molecular complexity index is 1180. The van der Waals surface area contributed by atoms with E-state index >= 15 is 0 Å². The van der Waals surface area contributed by atoms with Gasteiger partial charge in [0, 0.05) is 44.7 Å². The van der Waals surface area contributed by atoms with Crippen molar-refractivity contribution in [3.05, 3.63) is 54.4 Å². The van der Waals surface area contributed by atoms with Crippen LogP contribution >= 0.6 is 0 Å². The molecule has 0 aliphatic carbocycles. The quantitative estimate of drug-likeness (QED) is 0.511. The molecule has 3 aromatic rings. The van der Waals surface area contributed by atoms with Crippen molar-refractivity contribution in [2.45, 2.75) is 37.6 Å². The molecule has 2 saturated heterocycles. The highest BCUT2D eigenvalue weighted by atomic mass is 32.2. The molecule has 8 heteroatoms. The number of nitrogens with zero attached hydrogens (tertiary/aromatic N) is 5. The number of benzene rings is 2. The minimum atomic E-state index is -1.17. The lowest BCUT2D eigenvalue weighted by Crippen LogP contribution is -2.47. The Kier molecular flexibility index (Phi) is 7.32. The summed E-state index contributed by atoms with van der Waals surface area (Å²) in [4.78, 5) is 15.8. The number of piperazine rings is 1. The maximum atomic E-state index is 13.1. The predicted molar refractivity (Wildman–Crippen MR) is 141 cm³/mol. The third-order valence-corrected chi connectivity index (χ3v) is 8.76. The third-order valence-electron chi connectivity index (χ3n) is 7.25. The summed E-state index contributed by atoms with van der Waals surface area (Å²) < 4.78 is 20.4. The SMILES string of the molecule is COc1ccc(S(=O)N2CCN(C(C)c3nc(N4CCCC(C)C4)c4ccccc4n3)CC2)cc1. The number of fused-ring (bicyclic) bond motifs is 1. The second kappa shape index (κ2) is 10.6. The summed E-state index contributed by atoms with van der Waals surface area (Å²) in [6, 6.07) is 16.0. The molecule has 0 radical (unpaired) electrons. The largest absolute Gasteiger partial charge is 0.497 e. The Morgan fingerprint density at radius 3 is 2.46 bits per heavy atom. The lowest BCUT2D eigenvalue weighted by Gasteiger charge is -2.37. The summed E-state index contributed by atoms with van der Waals surface area (Å²) in [5.41, 5.74) is 1.01. The van der Waals surface area contributed by atoms with Crippen molar-refractivity contribution in [1.29, 1.82) is 0 Å². The van der Waals surface area contributed by atoms with Crippen LogP contribution in [0.4, 0.5) is 5.82 Å². The first kappa shape index (κ1) is 24.2. The Balaban J connectivity index is 1.31. The van der Waals surface area contributed by atoms with Gasteiger partial charge in [-0.3, -0.25) is 4.90 Å². The van der Waals surface area contributed by atoms with Gasteiger partial charge in [-0.25, -0.2) is 18.5 Å². The van der Waals surface area contributed by atoms with Gasteiger partial charge < -0.3 is 9.64 Å². The third kappa shape index (κ3) is 5.20. The van der Waals surface area contributed by atoms with Gasteiger partial charge in [0.05, 0.1) is 23.6 Å². The molecule has 1 aromatic heterocycles. The van der Waals surface area contributed by atoms with Crippen molar-refractivity contribution in [2.75, 3.05) is 51.3 Å². The van der Waals surface area contributed by atoms with Crippen LogP contribution in [0.2, 0.25) is 0 Å². The van der Waals surface area contributed by atoms with Crippen LogP contribution in [0, 0.1) is 5.92 Å². The molecule has 3 unspecified atom stereocenters. The highest BCUT2D eigenvalue weighted by molar-refractivity contribution is 7.82. The van der Waals surface area contributed by atoms with Crippen LogP contribution in [0.15, 0.2) is 53.4 Å². The fourth-order valence-corrected chi connectivity index (χ4v) is 6.31. The summed E-state index contributed by atoms with van der Waals surface area (Å²) in [5, 5.41) is 1.14. The minimum absolute atomic E-state index is 0.0946. The average Bonchev–Trinajstić information content (AvgIpc) is 2.91. The molecule has 3 heterocycles. The van der Waals surface area contributed by atoms with Crippen molar-refractivity contribution in [3.63, 3.8) is 0 Å². The van der Waals surface area contributed by atoms with E-state index in [0.717, 1.165) is 72.5 Å². The molecule has 35 heavy (non-hydrogen) atoms. The van der Waals surface area contributed by atoms with Crippen molar-refractivity contribution >= 4 is 27.7 Å². The minimum Gasteiger partial charge on any atom is -0.497 e. The molecular formula is C27H35N5O2S. The molecule has 2 fully saturated rings. The fourth-order valence-electron chi connectivity index (χ4n) is 5.15. The van der Waals surface area contributed by atoms with E-state index in [1.165, 1.54) is 12.8 Å². The Morgan fingerprint density at radius 1 is 1.00 bits per heavy atom. The zero-order valence-corrected chi connectivity index (χ0v) is 21.7. The molecule has 0 N–H and O–H groups in total. The van der Waals surface area contributed by atoms with Crippen LogP contribution in [0.5, 0.6) is 5.75 Å². The molecule has 0 spiro atoms. The van der Waals surface area contributed by atoms with Gasteiger partial charge in [0.2, 0.25) is 0 Å². The molecule has 2 aliphatic heterocycles. The first-order chi connectivity index (χ1) is 17.0. The van der Waals surface area contributed by atoms with E-state index in [-0.39, 0.29) is 6.04 Å². The maximum absolute atomic E-state index is 13.1. The number of methoxy groups -OCH3 is 1. The summed E-state index contributed by atoms with van der Waals surface area (Å²) in [6.07, 6.45) is 2.49. The monoisotopic (exact) mass is 493 g/mol. The van der Waals surface area contributed by atoms with E-state index in [1.54, 1.807) is 7.11 Å². The van der Waals surface area contributed by atoms with Gasteiger partial charge in [-0.1, -0.05) is 19.1 Å². The number of rotatable bonds is 6. The number of ether oxygens (including phenoxy) is 1. The van der Waals surface area contributed by atoms with Crippen LogP contribution in [0.25, 0.3) is 10.9 Å². The van der Waals surface area contributed by atoms with Crippen LogP contribution in [-0.4, -0.2) is 69.8 Å². The zero-order valence-electron chi connectivity index (χ0n) is 20.9. The molecule has 0 bridgehead atoms. The van der Waals surface area contributed by atoms with E-state index in [9.17, 15) is 4.21 Å². The first-order valence-electron chi connectivity index (χ1n) is 12.6. The topological polar surface area (TPSA) is 61.8 Å². The normalized spacial score (nSPS) is 21.7. The second-order valence-corrected chi connectivity index (χ2v) is 11.2. The summed E-state index contributed by atoms with van der Waals surface area (Å²) in [6.45, 7) is 9.77. The molecule has 2 aromatic carbocycles. The number of aromatic nitrogens is 2. The second-order valence-electron chi connectivity index (χ2n) is 9.68. The van der Waals surface area contributed by atoms with E-state index < -0.39 is 11.0 Å². The number of hydrogen-bond acceptors (Lipinski definition) is 6. The molecular weight excluding hydrogens is 458 g/mol. The standard InChI is InChI=1S/C27H35N5O2S/c1-20-7-6-14-31(19-20)27-24-8-4-5-9-25(24)28-26(29-27)21(2)30-15-17-32(18-16-30)35(33)23-12-10-22(34-3)11-13-23/h4-5,8-13,20-21H,6-7,14-19H2,1-3H3. The first-order valence-corrected chi connectivity index (χ1v) is 13.7. The average molecular weight is 494 g/mol.